The fourth-order valence-electron chi connectivity index (χ4n) is 2.80. The van der Waals surface area contributed by atoms with E-state index in [1.54, 1.807) is 12.5 Å². The Hall–Kier alpha value is -2.33. The third-order valence-corrected chi connectivity index (χ3v) is 4.29. The average molecular weight is 523 g/mol. The van der Waals surface area contributed by atoms with E-state index in [1.165, 1.54) is 11.1 Å². The van der Waals surface area contributed by atoms with E-state index in [-0.39, 0.29) is 24.0 Å². The molecule has 0 radical (unpaired) electrons. The molecule has 1 aromatic carbocycles. The smallest absolute Gasteiger partial charge is 0.191 e. The van der Waals surface area contributed by atoms with Crippen LogP contribution in [0.4, 0.5) is 0 Å². The van der Waals surface area contributed by atoms with Crippen molar-refractivity contribution in [2.24, 2.45) is 4.99 Å². The largest absolute Gasteiger partial charge is 0.467 e. The highest BCUT2D eigenvalue weighted by Gasteiger charge is 2.00. The first kappa shape index (κ1) is 23.9. The number of ether oxygens (including phenoxy) is 1. The molecule has 0 amide bonds. The van der Waals surface area contributed by atoms with E-state index in [1.807, 2.05) is 24.7 Å². The van der Waals surface area contributed by atoms with Crippen LogP contribution in [-0.4, -0.2) is 35.2 Å². The van der Waals surface area contributed by atoms with E-state index in [0.717, 1.165) is 37.8 Å². The van der Waals surface area contributed by atoms with Gasteiger partial charge in [0.15, 0.2) is 5.96 Å². The average Bonchev–Trinajstić information content (AvgIpc) is 3.44. The first-order valence-corrected chi connectivity index (χ1v) is 9.99. The summed E-state index contributed by atoms with van der Waals surface area (Å²) in [4.78, 5) is 8.74. The van der Waals surface area contributed by atoms with Gasteiger partial charge in [0.1, 0.15) is 12.4 Å². The zero-order valence-corrected chi connectivity index (χ0v) is 19.6. The maximum Gasteiger partial charge on any atom is 0.191 e. The number of benzene rings is 1. The van der Waals surface area contributed by atoms with Gasteiger partial charge < -0.3 is 24.4 Å². The summed E-state index contributed by atoms with van der Waals surface area (Å²) in [6.07, 6.45) is 8.15. The fraction of sp³-hybridized carbons (Fsp3) is 0.364. The van der Waals surface area contributed by atoms with E-state index >= 15 is 0 Å². The molecule has 0 unspecified atom stereocenters. The van der Waals surface area contributed by atoms with Crippen LogP contribution in [0.1, 0.15) is 30.2 Å². The summed E-state index contributed by atoms with van der Waals surface area (Å²) in [5, 5.41) is 6.63. The molecule has 8 heteroatoms. The van der Waals surface area contributed by atoms with Crippen LogP contribution < -0.4 is 10.6 Å². The van der Waals surface area contributed by atoms with Crippen molar-refractivity contribution in [3.63, 3.8) is 0 Å². The van der Waals surface area contributed by atoms with Gasteiger partial charge in [-0.3, -0.25) is 0 Å². The van der Waals surface area contributed by atoms with Crippen LogP contribution in [0.25, 0.3) is 0 Å². The van der Waals surface area contributed by atoms with Crippen molar-refractivity contribution in [1.29, 1.82) is 0 Å². The lowest BCUT2D eigenvalue weighted by Crippen LogP contribution is -2.38. The zero-order valence-electron chi connectivity index (χ0n) is 17.3. The summed E-state index contributed by atoms with van der Waals surface area (Å²) in [6, 6.07) is 12.3. The van der Waals surface area contributed by atoms with Gasteiger partial charge in [0.05, 0.1) is 19.1 Å². The number of furan rings is 1. The van der Waals surface area contributed by atoms with E-state index in [9.17, 15) is 0 Å². The topological polar surface area (TPSA) is 76.6 Å². The summed E-state index contributed by atoms with van der Waals surface area (Å²) in [7, 11) is 0. The number of guanidine groups is 1. The first-order valence-electron chi connectivity index (χ1n) is 9.99. The minimum Gasteiger partial charge on any atom is -0.467 e. The van der Waals surface area contributed by atoms with Crippen LogP contribution in [0.15, 0.2) is 70.8 Å². The standard InChI is InChI=1S/C22H29N5O2.HI/c1-2-24-22(25-10-4-13-28-17-21-5-3-14-29-21)26-15-19-6-8-20(9-7-19)16-27-12-11-23-18-27;/h3,5-9,11-12,14,18H,2,4,10,13,15-17H2,1H3,(H2,24,25,26);1H. The summed E-state index contributed by atoms with van der Waals surface area (Å²) in [5.41, 5.74) is 2.42. The number of aliphatic imine (C=N–C) groups is 1. The highest BCUT2D eigenvalue weighted by molar-refractivity contribution is 14.0. The lowest BCUT2D eigenvalue weighted by atomic mass is 10.1. The Labute approximate surface area is 195 Å². The highest BCUT2D eigenvalue weighted by atomic mass is 127. The molecule has 0 bridgehead atoms. The van der Waals surface area contributed by atoms with E-state index in [2.05, 4.69) is 56.4 Å². The number of halogens is 1. The van der Waals surface area contributed by atoms with Crippen molar-refractivity contribution in [3.05, 3.63) is 78.3 Å². The van der Waals surface area contributed by atoms with Gasteiger partial charge in [-0.15, -0.1) is 24.0 Å². The zero-order chi connectivity index (χ0) is 20.2. The molecule has 0 aliphatic rings. The Bertz CT molecular complexity index is 833. The lowest BCUT2D eigenvalue weighted by Gasteiger charge is -2.11. The summed E-state index contributed by atoms with van der Waals surface area (Å²) in [6.45, 7) is 6.34. The van der Waals surface area contributed by atoms with E-state index in [0.29, 0.717) is 19.8 Å². The maximum atomic E-state index is 5.60. The number of aromatic nitrogens is 2. The molecule has 0 aliphatic heterocycles. The third-order valence-electron chi connectivity index (χ3n) is 4.29. The van der Waals surface area contributed by atoms with Crippen molar-refractivity contribution in [1.82, 2.24) is 20.2 Å². The molecular weight excluding hydrogens is 493 g/mol. The molecule has 3 aromatic rings. The molecule has 3 rings (SSSR count). The van der Waals surface area contributed by atoms with E-state index < -0.39 is 0 Å². The predicted octanol–water partition coefficient (Wildman–Crippen LogP) is 3.80. The van der Waals surface area contributed by atoms with Crippen LogP contribution in [0.2, 0.25) is 0 Å². The van der Waals surface area contributed by atoms with Gasteiger partial charge in [0.2, 0.25) is 0 Å². The third kappa shape index (κ3) is 8.58. The second-order valence-corrected chi connectivity index (χ2v) is 6.66. The van der Waals surface area contributed by atoms with Crippen molar-refractivity contribution < 1.29 is 9.15 Å². The van der Waals surface area contributed by atoms with Crippen molar-refractivity contribution in [3.8, 4) is 0 Å². The maximum absolute atomic E-state index is 5.60. The van der Waals surface area contributed by atoms with E-state index in [4.69, 9.17) is 9.15 Å². The Kier molecular flexibility index (Phi) is 11.0. The normalized spacial score (nSPS) is 11.2. The van der Waals surface area contributed by atoms with Gasteiger partial charge in [-0.2, -0.15) is 0 Å². The van der Waals surface area contributed by atoms with Gasteiger partial charge in [-0.1, -0.05) is 24.3 Å². The monoisotopic (exact) mass is 523 g/mol. The highest BCUT2D eigenvalue weighted by Crippen LogP contribution is 2.07. The molecule has 162 valence electrons. The van der Waals surface area contributed by atoms with Crippen molar-refractivity contribution in [2.45, 2.75) is 33.0 Å². The van der Waals surface area contributed by atoms with Crippen LogP contribution in [0.3, 0.4) is 0 Å². The molecule has 2 N–H and O–H groups in total. The van der Waals surface area contributed by atoms with Crippen LogP contribution in [-0.2, 0) is 24.4 Å². The molecule has 0 saturated carbocycles. The minimum absolute atomic E-state index is 0. The molecule has 7 nitrogen and oxygen atoms in total. The van der Waals surface area contributed by atoms with Gasteiger partial charge in [-0.25, -0.2) is 9.98 Å². The Morgan fingerprint density at radius 2 is 2.00 bits per heavy atom. The number of nitrogens with zero attached hydrogens (tertiary/aromatic N) is 3. The van der Waals surface area contributed by atoms with Crippen LogP contribution in [0.5, 0.6) is 0 Å². The van der Waals surface area contributed by atoms with Crippen LogP contribution >= 0.6 is 24.0 Å². The molecule has 2 aromatic heterocycles. The van der Waals surface area contributed by atoms with Gasteiger partial charge in [0, 0.05) is 38.6 Å². The fourth-order valence-corrected chi connectivity index (χ4v) is 2.80. The quantitative estimate of drug-likeness (QED) is 0.173. The van der Waals surface area contributed by atoms with Gasteiger partial charge in [-0.05, 0) is 36.6 Å². The predicted molar refractivity (Wildman–Crippen MR) is 129 cm³/mol. The molecule has 2 heterocycles. The Balaban J connectivity index is 0.00000320. The number of hydrogen-bond donors (Lipinski definition) is 2. The number of rotatable bonds is 11. The lowest BCUT2D eigenvalue weighted by molar-refractivity contribution is 0.105. The molecule has 30 heavy (non-hydrogen) atoms. The first-order chi connectivity index (χ1) is 14.3. The second-order valence-electron chi connectivity index (χ2n) is 6.66. The second kappa shape index (κ2) is 13.8. The molecule has 0 saturated heterocycles. The molecule has 0 fully saturated rings. The molecule has 0 aliphatic carbocycles. The number of imidazole rings is 1. The summed E-state index contributed by atoms with van der Waals surface area (Å²) >= 11 is 0. The van der Waals surface area contributed by atoms with Crippen LogP contribution in [0, 0.1) is 0 Å². The van der Waals surface area contributed by atoms with Gasteiger partial charge in [0.25, 0.3) is 0 Å². The Morgan fingerprint density at radius 3 is 2.70 bits per heavy atom. The van der Waals surface area contributed by atoms with Crippen molar-refractivity contribution in [2.75, 3.05) is 19.7 Å². The molecular formula is C22H30IN5O2. The Morgan fingerprint density at radius 1 is 1.17 bits per heavy atom. The molecule has 0 spiro atoms. The minimum atomic E-state index is 0. The molecule has 0 atom stereocenters. The van der Waals surface area contributed by atoms with Gasteiger partial charge >= 0.3 is 0 Å². The number of hydrogen-bond acceptors (Lipinski definition) is 4. The summed E-state index contributed by atoms with van der Waals surface area (Å²) in [5.74, 6) is 1.67. The van der Waals surface area contributed by atoms with Crippen molar-refractivity contribution >= 4 is 29.9 Å². The SMILES string of the molecule is CCNC(=NCc1ccc(Cn2ccnc2)cc1)NCCCOCc1ccco1.I. The number of nitrogens with one attached hydrogen (secondary N) is 2. The summed E-state index contributed by atoms with van der Waals surface area (Å²) < 4.78 is 12.9.